The van der Waals surface area contributed by atoms with Gasteiger partial charge in [-0.3, -0.25) is 0 Å². The number of halogens is 2. The van der Waals surface area contributed by atoms with Gasteiger partial charge in [0.1, 0.15) is 23.1 Å². The molecular formula is C24H16Cl2N2O3. The fourth-order valence-corrected chi connectivity index (χ4v) is 4.14. The molecule has 154 valence electrons. The summed E-state index contributed by atoms with van der Waals surface area (Å²) in [5, 5.41) is 10.5. The third-order valence-corrected chi connectivity index (χ3v) is 5.60. The summed E-state index contributed by atoms with van der Waals surface area (Å²) < 4.78 is 11.2. The monoisotopic (exact) mass is 450 g/mol. The Morgan fingerprint density at radius 3 is 2.48 bits per heavy atom. The molecule has 31 heavy (non-hydrogen) atoms. The number of carbonyl (C=O) groups excluding carboxylic acids is 1. The van der Waals surface area contributed by atoms with E-state index in [4.69, 9.17) is 38.4 Å². The van der Waals surface area contributed by atoms with Gasteiger partial charge < -0.3 is 15.2 Å². The van der Waals surface area contributed by atoms with Crippen molar-refractivity contribution in [3.63, 3.8) is 0 Å². The van der Waals surface area contributed by atoms with Crippen LogP contribution in [-0.2, 0) is 0 Å². The Labute approximate surface area is 189 Å². The van der Waals surface area contributed by atoms with Gasteiger partial charge in [-0.2, -0.15) is 5.26 Å². The van der Waals surface area contributed by atoms with Crippen LogP contribution < -0.4 is 15.2 Å². The number of fused-ring (bicyclic) bond motifs is 1. The molecule has 1 atom stereocenters. The van der Waals surface area contributed by atoms with E-state index in [0.29, 0.717) is 32.5 Å². The zero-order chi connectivity index (χ0) is 22.1. The van der Waals surface area contributed by atoms with Gasteiger partial charge in [0.2, 0.25) is 5.88 Å². The number of benzene rings is 3. The van der Waals surface area contributed by atoms with Crippen molar-refractivity contribution < 1.29 is 14.3 Å². The van der Waals surface area contributed by atoms with E-state index in [2.05, 4.69) is 6.07 Å². The van der Waals surface area contributed by atoms with E-state index in [1.807, 2.05) is 13.0 Å². The normalized spacial score (nSPS) is 15.0. The first-order valence-corrected chi connectivity index (χ1v) is 10.1. The maximum absolute atomic E-state index is 12.5. The molecule has 0 spiro atoms. The first-order chi connectivity index (χ1) is 14.9. The number of carbonyl (C=O) groups is 1. The highest BCUT2D eigenvalue weighted by atomic mass is 35.5. The zero-order valence-corrected chi connectivity index (χ0v) is 17.9. The second-order valence-corrected chi connectivity index (χ2v) is 7.83. The van der Waals surface area contributed by atoms with Gasteiger partial charge in [0, 0.05) is 27.2 Å². The van der Waals surface area contributed by atoms with E-state index in [9.17, 15) is 10.1 Å². The molecule has 1 unspecified atom stereocenters. The molecule has 0 saturated heterocycles. The molecule has 0 amide bonds. The lowest BCUT2D eigenvalue weighted by molar-refractivity contribution is 0.0734. The summed E-state index contributed by atoms with van der Waals surface area (Å²) in [6.45, 7) is 1.89. The Morgan fingerprint density at radius 1 is 1.10 bits per heavy atom. The van der Waals surface area contributed by atoms with E-state index in [-0.39, 0.29) is 17.2 Å². The maximum atomic E-state index is 12.5. The van der Waals surface area contributed by atoms with Crippen molar-refractivity contribution in [3.05, 3.63) is 104 Å². The van der Waals surface area contributed by atoms with Crippen LogP contribution in [0.5, 0.6) is 11.5 Å². The Hall–Kier alpha value is -3.46. The Bertz CT molecular complexity index is 1260. The molecule has 1 aliphatic heterocycles. The third-order valence-electron chi connectivity index (χ3n) is 4.94. The maximum Gasteiger partial charge on any atom is 0.343 e. The smallest absolute Gasteiger partial charge is 0.343 e. The molecule has 0 saturated carbocycles. The summed E-state index contributed by atoms with van der Waals surface area (Å²) in [6, 6.07) is 19.2. The molecule has 2 N–H and O–H groups in total. The van der Waals surface area contributed by atoms with Crippen LogP contribution in [0.3, 0.4) is 0 Å². The van der Waals surface area contributed by atoms with Gasteiger partial charge in [-0.1, -0.05) is 53.0 Å². The van der Waals surface area contributed by atoms with Gasteiger partial charge in [0.25, 0.3) is 0 Å². The van der Waals surface area contributed by atoms with Crippen molar-refractivity contribution >= 4 is 29.2 Å². The van der Waals surface area contributed by atoms with Crippen LogP contribution in [0.1, 0.15) is 33.0 Å². The Morgan fingerprint density at radius 2 is 1.81 bits per heavy atom. The molecule has 4 rings (SSSR count). The highest BCUT2D eigenvalue weighted by Gasteiger charge is 2.33. The van der Waals surface area contributed by atoms with Crippen molar-refractivity contribution in [2.45, 2.75) is 12.8 Å². The predicted molar refractivity (Wildman–Crippen MR) is 118 cm³/mol. The summed E-state index contributed by atoms with van der Waals surface area (Å²) in [5.74, 6) is -0.532. The average molecular weight is 451 g/mol. The van der Waals surface area contributed by atoms with Gasteiger partial charge in [-0.15, -0.1) is 0 Å². The van der Waals surface area contributed by atoms with Crippen molar-refractivity contribution in [3.8, 4) is 17.6 Å². The van der Waals surface area contributed by atoms with Gasteiger partial charge >= 0.3 is 5.97 Å². The second kappa shape index (κ2) is 8.35. The van der Waals surface area contributed by atoms with Gasteiger partial charge in [-0.25, -0.2) is 4.79 Å². The molecular weight excluding hydrogens is 435 g/mol. The number of nitrogens with two attached hydrogens (primary N) is 1. The summed E-state index contributed by atoms with van der Waals surface area (Å²) in [5.41, 5.74) is 8.81. The number of hydrogen-bond acceptors (Lipinski definition) is 5. The third kappa shape index (κ3) is 3.96. The number of ether oxygens (including phenoxy) is 2. The van der Waals surface area contributed by atoms with E-state index in [1.165, 1.54) is 0 Å². The van der Waals surface area contributed by atoms with Gasteiger partial charge in [0.05, 0.1) is 11.5 Å². The molecule has 1 heterocycles. The van der Waals surface area contributed by atoms with E-state index in [0.717, 1.165) is 5.56 Å². The van der Waals surface area contributed by atoms with E-state index >= 15 is 0 Å². The van der Waals surface area contributed by atoms with Crippen LogP contribution in [-0.4, -0.2) is 5.97 Å². The van der Waals surface area contributed by atoms with Crippen LogP contribution >= 0.6 is 23.2 Å². The number of nitrogens with zero attached hydrogens (tertiary/aromatic N) is 1. The van der Waals surface area contributed by atoms with Crippen molar-refractivity contribution in [1.82, 2.24) is 0 Å². The molecule has 0 fully saturated rings. The molecule has 0 aromatic heterocycles. The lowest BCUT2D eigenvalue weighted by Crippen LogP contribution is -2.21. The number of rotatable bonds is 3. The second-order valence-electron chi connectivity index (χ2n) is 7.02. The topological polar surface area (TPSA) is 85.3 Å². The molecule has 5 nitrogen and oxygen atoms in total. The summed E-state index contributed by atoms with van der Waals surface area (Å²) in [7, 11) is 0. The first-order valence-electron chi connectivity index (χ1n) is 9.33. The largest absolute Gasteiger partial charge is 0.440 e. The first kappa shape index (κ1) is 20.8. The minimum atomic E-state index is -0.614. The minimum absolute atomic E-state index is 0.0573. The molecule has 7 heteroatoms. The zero-order valence-electron chi connectivity index (χ0n) is 16.4. The molecule has 3 aromatic rings. The highest BCUT2D eigenvalue weighted by molar-refractivity contribution is 6.36. The molecule has 1 aliphatic rings. The number of aryl methyl sites for hydroxylation is 1. The molecule has 0 radical (unpaired) electrons. The SMILES string of the molecule is Cc1cccc(C(=O)Oc2ccc3c(c2)OC(N)=C(C#N)C3c2c(Cl)cccc2Cl)c1. The minimum Gasteiger partial charge on any atom is -0.440 e. The van der Waals surface area contributed by atoms with Crippen LogP contribution in [0.25, 0.3) is 0 Å². The molecule has 0 aliphatic carbocycles. The lowest BCUT2D eigenvalue weighted by Gasteiger charge is -2.27. The van der Waals surface area contributed by atoms with Crippen LogP contribution in [0.4, 0.5) is 0 Å². The summed E-state index contributed by atoms with van der Waals surface area (Å²) in [4.78, 5) is 12.5. The van der Waals surface area contributed by atoms with Crippen molar-refractivity contribution in [2.24, 2.45) is 5.73 Å². The lowest BCUT2D eigenvalue weighted by atomic mass is 9.83. The number of esters is 1. The number of nitriles is 1. The Kier molecular flexibility index (Phi) is 5.60. The predicted octanol–water partition coefficient (Wildman–Crippen LogP) is 5.74. The summed E-state index contributed by atoms with van der Waals surface area (Å²) >= 11 is 12.8. The van der Waals surface area contributed by atoms with E-state index in [1.54, 1.807) is 54.6 Å². The number of hydrogen-bond donors (Lipinski definition) is 1. The van der Waals surface area contributed by atoms with Crippen molar-refractivity contribution in [1.29, 1.82) is 5.26 Å². The fourth-order valence-electron chi connectivity index (χ4n) is 3.52. The molecule has 3 aromatic carbocycles. The van der Waals surface area contributed by atoms with Crippen LogP contribution in [0.15, 0.2) is 72.1 Å². The Balaban J connectivity index is 1.74. The van der Waals surface area contributed by atoms with Gasteiger partial charge in [0.15, 0.2) is 0 Å². The van der Waals surface area contributed by atoms with Crippen LogP contribution in [0, 0.1) is 18.3 Å². The summed E-state index contributed by atoms with van der Waals surface area (Å²) in [6.07, 6.45) is 0. The van der Waals surface area contributed by atoms with Crippen molar-refractivity contribution in [2.75, 3.05) is 0 Å². The van der Waals surface area contributed by atoms with Gasteiger partial charge in [-0.05, 0) is 37.3 Å². The average Bonchev–Trinajstić information content (AvgIpc) is 2.73. The van der Waals surface area contributed by atoms with Crippen LogP contribution in [0.2, 0.25) is 10.0 Å². The fraction of sp³-hybridized carbons (Fsp3) is 0.0833. The molecule has 0 bridgehead atoms. The standard InChI is InChI=1S/C24H16Cl2N2O3/c1-13-4-2-5-14(10-13)24(29)30-15-8-9-16-20(11-15)31-23(28)17(12-27)21(16)22-18(25)6-3-7-19(22)26/h2-11,21H,28H2,1H3. The van der Waals surface area contributed by atoms with E-state index < -0.39 is 11.9 Å². The quantitative estimate of drug-likeness (QED) is 0.406. The number of allylic oxidation sites excluding steroid dienone is 1. The highest BCUT2D eigenvalue weighted by Crippen LogP contribution is 2.47.